The highest BCUT2D eigenvalue weighted by Crippen LogP contribution is 2.29. The standard InChI is InChI=1S/C22H26N4O2S2/c27-20-14-17(23-22-26(20)11-12-29-22)15-24-7-9-25(10-8-24)21(28)19-13-16-5-3-1-2-4-6-18(16)30-19/h11-14H,1-10,15H2. The van der Waals surface area contributed by atoms with E-state index in [9.17, 15) is 9.59 Å². The van der Waals surface area contributed by atoms with Crippen molar-refractivity contribution in [2.75, 3.05) is 26.2 Å². The average molecular weight is 443 g/mol. The number of carbonyl (C=O) groups excluding carboxylic acids is 1. The third-order valence-electron chi connectivity index (χ3n) is 6.11. The first-order chi connectivity index (χ1) is 14.7. The van der Waals surface area contributed by atoms with Gasteiger partial charge < -0.3 is 4.90 Å². The Balaban J connectivity index is 1.21. The molecule has 0 spiro atoms. The van der Waals surface area contributed by atoms with Gasteiger partial charge in [-0.25, -0.2) is 4.98 Å². The van der Waals surface area contributed by atoms with Crippen LogP contribution in [0.1, 0.15) is 51.5 Å². The van der Waals surface area contributed by atoms with Crippen LogP contribution in [0.4, 0.5) is 0 Å². The van der Waals surface area contributed by atoms with Gasteiger partial charge in [0.2, 0.25) is 0 Å². The van der Waals surface area contributed by atoms with Crippen LogP contribution in [0, 0.1) is 0 Å². The minimum Gasteiger partial charge on any atom is -0.335 e. The maximum Gasteiger partial charge on any atom is 0.264 e. The monoisotopic (exact) mass is 442 g/mol. The van der Waals surface area contributed by atoms with Gasteiger partial charge in [0.15, 0.2) is 4.96 Å². The van der Waals surface area contributed by atoms with E-state index in [1.165, 1.54) is 47.5 Å². The van der Waals surface area contributed by atoms with Gasteiger partial charge in [-0.05, 0) is 37.3 Å². The van der Waals surface area contributed by atoms with Crippen molar-refractivity contribution in [2.24, 2.45) is 0 Å². The van der Waals surface area contributed by atoms with Crippen LogP contribution in [0.15, 0.2) is 28.5 Å². The fraction of sp³-hybridized carbons (Fsp3) is 0.500. The van der Waals surface area contributed by atoms with E-state index < -0.39 is 0 Å². The van der Waals surface area contributed by atoms with E-state index in [-0.39, 0.29) is 11.5 Å². The summed E-state index contributed by atoms with van der Waals surface area (Å²) >= 11 is 3.19. The molecule has 30 heavy (non-hydrogen) atoms. The number of fused-ring (bicyclic) bond motifs is 2. The molecule has 8 heteroatoms. The van der Waals surface area contributed by atoms with Crippen LogP contribution in [0.3, 0.4) is 0 Å². The van der Waals surface area contributed by atoms with Gasteiger partial charge in [0.05, 0.1) is 10.6 Å². The van der Waals surface area contributed by atoms with Crippen LogP contribution in [0.25, 0.3) is 4.96 Å². The van der Waals surface area contributed by atoms with Crippen molar-refractivity contribution in [1.82, 2.24) is 19.2 Å². The van der Waals surface area contributed by atoms with E-state index in [0.717, 1.165) is 54.6 Å². The van der Waals surface area contributed by atoms with Crippen LogP contribution in [0.2, 0.25) is 0 Å². The lowest BCUT2D eigenvalue weighted by Crippen LogP contribution is -2.48. The van der Waals surface area contributed by atoms with E-state index in [4.69, 9.17) is 0 Å². The van der Waals surface area contributed by atoms with E-state index in [0.29, 0.717) is 6.54 Å². The minimum absolute atomic E-state index is 0.0293. The summed E-state index contributed by atoms with van der Waals surface area (Å²) in [7, 11) is 0. The molecule has 5 rings (SSSR count). The second-order valence-electron chi connectivity index (χ2n) is 8.18. The summed E-state index contributed by atoms with van der Waals surface area (Å²) in [6, 6.07) is 3.78. The van der Waals surface area contributed by atoms with Gasteiger partial charge in [-0.2, -0.15) is 0 Å². The third-order valence-corrected chi connectivity index (χ3v) is 8.09. The highest BCUT2D eigenvalue weighted by molar-refractivity contribution is 7.15. The highest BCUT2D eigenvalue weighted by Gasteiger charge is 2.25. The predicted molar refractivity (Wildman–Crippen MR) is 121 cm³/mol. The fourth-order valence-corrected chi connectivity index (χ4v) is 6.37. The Morgan fingerprint density at radius 2 is 1.83 bits per heavy atom. The van der Waals surface area contributed by atoms with Crippen LogP contribution >= 0.6 is 22.7 Å². The number of carbonyl (C=O) groups is 1. The molecular weight excluding hydrogens is 416 g/mol. The molecular formula is C22H26N4O2S2. The summed E-state index contributed by atoms with van der Waals surface area (Å²) in [6.07, 6.45) is 9.11. The molecule has 2 aliphatic rings. The minimum atomic E-state index is -0.0293. The van der Waals surface area contributed by atoms with Crippen molar-refractivity contribution in [2.45, 2.75) is 45.1 Å². The summed E-state index contributed by atoms with van der Waals surface area (Å²) < 4.78 is 1.58. The Kier molecular flexibility index (Phi) is 5.71. The first kappa shape index (κ1) is 19.9. The predicted octanol–water partition coefficient (Wildman–Crippen LogP) is 3.43. The molecule has 0 aromatic carbocycles. The van der Waals surface area contributed by atoms with E-state index >= 15 is 0 Å². The zero-order valence-corrected chi connectivity index (χ0v) is 18.6. The summed E-state index contributed by atoms with van der Waals surface area (Å²) in [5.74, 6) is 0.183. The average Bonchev–Trinajstić information content (AvgIpc) is 3.35. The normalized spacial score (nSPS) is 18.2. The quantitative estimate of drug-likeness (QED) is 0.624. The number of amides is 1. The maximum absolute atomic E-state index is 13.1. The molecule has 3 aromatic rings. The first-order valence-corrected chi connectivity index (χ1v) is 12.5. The van der Waals surface area contributed by atoms with Gasteiger partial charge in [0, 0.05) is 55.2 Å². The molecule has 0 saturated carbocycles. The number of thiophene rings is 1. The van der Waals surface area contributed by atoms with Crippen LogP contribution < -0.4 is 5.56 Å². The van der Waals surface area contributed by atoms with Crippen LogP contribution in [0.5, 0.6) is 0 Å². The summed E-state index contributed by atoms with van der Waals surface area (Å²) in [5.41, 5.74) is 2.18. The number of aryl methyl sites for hydroxylation is 2. The van der Waals surface area contributed by atoms with Gasteiger partial charge in [0.25, 0.3) is 11.5 Å². The Hall–Kier alpha value is -2.03. The van der Waals surface area contributed by atoms with E-state index in [2.05, 4.69) is 16.0 Å². The largest absolute Gasteiger partial charge is 0.335 e. The maximum atomic E-state index is 13.1. The molecule has 1 aliphatic heterocycles. The number of rotatable bonds is 3. The zero-order valence-electron chi connectivity index (χ0n) is 17.0. The van der Waals surface area contributed by atoms with Gasteiger partial charge in [-0.15, -0.1) is 22.7 Å². The number of piperazine rings is 1. The summed E-state index contributed by atoms with van der Waals surface area (Å²) in [4.78, 5) is 37.2. The molecule has 3 aromatic heterocycles. The van der Waals surface area contributed by atoms with Gasteiger partial charge >= 0.3 is 0 Å². The molecule has 1 amide bonds. The third kappa shape index (κ3) is 4.08. The second-order valence-corrected chi connectivity index (χ2v) is 10.2. The second kappa shape index (κ2) is 8.61. The molecule has 0 N–H and O–H groups in total. The van der Waals surface area contributed by atoms with Gasteiger partial charge in [-0.1, -0.05) is 12.8 Å². The molecule has 1 fully saturated rings. The number of thiazole rings is 1. The fourth-order valence-electron chi connectivity index (χ4n) is 4.41. The number of nitrogens with zero attached hydrogens (tertiary/aromatic N) is 4. The highest BCUT2D eigenvalue weighted by atomic mass is 32.1. The zero-order chi connectivity index (χ0) is 20.5. The molecule has 0 bridgehead atoms. The van der Waals surface area contributed by atoms with Crippen molar-refractivity contribution in [3.05, 3.63) is 55.1 Å². The van der Waals surface area contributed by atoms with Crippen molar-refractivity contribution in [3.63, 3.8) is 0 Å². The lowest BCUT2D eigenvalue weighted by atomic mass is 10.00. The van der Waals surface area contributed by atoms with Crippen molar-refractivity contribution < 1.29 is 4.79 Å². The van der Waals surface area contributed by atoms with Gasteiger partial charge in [-0.3, -0.25) is 18.9 Å². The summed E-state index contributed by atoms with van der Waals surface area (Å²) in [5, 5.41) is 1.88. The molecule has 0 unspecified atom stereocenters. The molecule has 0 radical (unpaired) electrons. The Morgan fingerprint density at radius 1 is 1.03 bits per heavy atom. The first-order valence-electron chi connectivity index (χ1n) is 10.8. The lowest BCUT2D eigenvalue weighted by molar-refractivity contribution is 0.0632. The van der Waals surface area contributed by atoms with Gasteiger partial charge in [0.1, 0.15) is 0 Å². The smallest absolute Gasteiger partial charge is 0.264 e. The van der Waals surface area contributed by atoms with Crippen molar-refractivity contribution in [3.8, 4) is 0 Å². The molecule has 0 atom stereocenters. The van der Waals surface area contributed by atoms with E-state index in [1.807, 2.05) is 10.3 Å². The molecule has 1 saturated heterocycles. The number of hydrogen-bond donors (Lipinski definition) is 0. The molecule has 4 heterocycles. The number of hydrogen-bond acceptors (Lipinski definition) is 6. The molecule has 1 aliphatic carbocycles. The van der Waals surface area contributed by atoms with Crippen LogP contribution in [-0.2, 0) is 19.4 Å². The molecule has 158 valence electrons. The Labute approximate surface area is 183 Å². The SMILES string of the molecule is O=C(c1cc2c(s1)CCCCCC2)N1CCN(Cc2cc(=O)n3ccsc3n2)CC1. The van der Waals surface area contributed by atoms with Crippen molar-refractivity contribution in [1.29, 1.82) is 0 Å². The Morgan fingerprint density at radius 3 is 2.67 bits per heavy atom. The number of aromatic nitrogens is 2. The van der Waals surface area contributed by atoms with Crippen LogP contribution in [-0.4, -0.2) is 51.3 Å². The Bertz CT molecular complexity index is 1080. The summed E-state index contributed by atoms with van der Waals surface area (Å²) in [6.45, 7) is 3.72. The topological polar surface area (TPSA) is 57.9 Å². The van der Waals surface area contributed by atoms with E-state index in [1.54, 1.807) is 28.0 Å². The lowest BCUT2D eigenvalue weighted by Gasteiger charge is -2.34. The molecule has 6 nitrogen and oxygen atoms in total. The van der Waals surface area contributed by atoms with Crippen molar-refractivity contribution >= 4 is 33.5 Å².